The van der Waals surface area contributed by atoms with Gasteiger partial charge < -0.3 is 20.4 Å². The fourth-order valence-electron chi connectivity index (χ4n) is 9.28. The Hall–Kier alpha value is -6.46. The molecule has 0 aromatic heterocycles. The Morgan fingerprint density at radius 3 is 1.69 bits per heavy atom. The van der Waals surface area contributed by atoms with Gasteiger partial charge in [0, 0.05) is 45.6 Å². The smallest absolute Gasteiger partial charge is 0.243 e. The van der Waals surface area contributed by atoms with Crippen LogP contribution in [0.1, 0.15) is 109 Å². The van der Waals surface area contributed by atoms with E-state index in [2.05, 4.69) is 28.8 Å². The largest absolute Gasteiger partial charge is 0.351 e. The highest BCUT2D eigenvalue weighted by atomic mass is 16.5. The van der Waals surface area contributed by atoms with E-state index >= 15 is 0 Å². The molecule has 6 N–H and O–H groups in total. The zero-order valence-corrected chi connectivity index (χ0v) is 40.3. The number of hydrogen-bond donors (Lipinski definition) is 6. The molecule has 0 fully saturated rings. The topological polar surface area (TPSA) is 204 Å². The number of nitrogens with one attached hydrogen (secondary N) is 4. The van der Waals surface area contributed by atoms with Crippen LogP contribution < -0.4 is 21.6 Å². The fourth-order valence-corrected chi connectivity index (χ4v) is 9.28. The van der Waals surface area contributed by atoms with Crippen LogP contribution in [-0.4, -0.2) is 111 Å². The monoisotopic (exact) mass is 959 g/mol. The van der Waals surface area contributed by atoms with E-state index in [1.165, 1.54) is 5.56 Å². The lowest BCUT2D eigenvalue weighted by Crippen LogP contribution is -2.48. The number of nitrogens with zero attached hydrogens (tertiary/aromatic N) is 4. The molecular weight excluding hydrogens is 889 g/mol. The maximum atomic E-state index is 14.7. The molecule has 0 saturated heterocycles. The van der Waals surface area contributed by atoms with Crippen LogP contribution in [0.25, 0.3) is 0 Å². The molecule has 2 aliphatic rings. The number of rotatable bonds is 27. The first-order chi connectivity index (χ1) is 34.1. The van der Waals surface area contributed by atoms with E-state index in [-0.39, 0.29) is 75.2 Å². The summed E-state index contributed by atoms with van der Waals surface area (Å²) in [6, 6.07) is 33.6. The minimum Gasteiger partial charge on any atom is -0.351 e. The van der Waals surface area contributed by atoms with Crippen LogP contribution in [0.5, 0.6) is 0 Å². The zero-order valence-electron chi connectivity index (χ0n) is 40.3. The number of benzene rings is 4. The van der Waals surface area contributed by atoms with Gasteiger partial charge in [0.2, 0.25) is 35.4 Å². The van der Waals surface area contributed by atoms with Gasteiger partial charge >= 0.3 is 0 Å². The Labute approximate surface area is 411 Å². The van der Waals surface area contributed by atoms with Crippen molar-refractivity contribution in [2.45, 2.75) is 109 Å². The molecule has 2 aliphatic heterocycles. The summed E-state index contributed by atoms with van der Waals surface area (Å²) in [4.78, 5) is 85.8. The normalized spacial score (nSPS) is 14.1. The summed E-state index contributed by atoms with van der Waals surface area (Å²) in [6.45, 7) is 3.38. The van der Waals surface area contributed by atoms with Gasteiger partial charge in [-0.05, 0) is 90.6 Å². The van der Waals surface area contributed by atoms with Gasteiger partial charge in [-0.2, -0.15) is 0 Å². The van der Waals surface area contributed by atoms with Crippen molar-refractivity contribution in [2.24, 2.45) is 0 Å². The summed E-state index contributed by atoms with van der Waals surface area (Å²) in [5.41, 5.74) is 10.7. The SMILES string of the molecule is O=C(CCCCCCCN(CC(=O)NCc1ccccc1)CC(=O)NCc1cccc(C2Cc3ccccc3CN2C(=O)CN(CCCCCC(=O)NO)CC(=O)N2CCc3ccccc3C2)c1)NO. The molecule has 70 heavy (non-hydrogen) atoms. The minimum absolute atomic E-state index is 0.0266. The molecule has 374 valence electrons. The lowest BCUT2D eigenvalue weighted by atomic mass is 9.89. The van der Waals surface area contributed by atoms with Crippen molar-refractivity contribution in [3.8, 4) is 0 Å². The van der Waals surface area contributed by atoms with Gasteiger partial charge in [0.15, 0.2) is 0 Å². The molecule has 0 bridgehead atoms. The first-order valence-electron chi connectivity index (χ1n) is 24.8. The van der Waals surface area contributed by atoms with Crippen molar-refractivity contribution in [3.63, 3.8) is 0 Å². The van der Waals surface area contributed by atoms with Crippen LogP contribution >= 0.6 is 0 Å². The second-order valence-corrected chi connectivity index (χ2v) is 18.4. The maximum absolute atomic E-state index is 14.7. The quantitative estimate of drug-likeness (QED) is 0.0257. The summed E-state index contributed by atoms with van der Waals surface area (Å²) >= 11 is 0. The van der Waals surface area contributed by atoms with E-state index in [0.29, 0.717) is 71.4 Å². The maximum Gasteiger partial charge on any atom is 0.243 e. The van der Waals surface area contributed by atoms with Crippen LogP contribution in [0.15, 0.2) is 103 Å². The summed E-state index contributed by atoms with van der Waals surface area (Å²) in [5.74, 6) is -1.39. The summed E-state index contributed by atoms with van der Waals surface area (Å²) < 4.78 is 0. The Morgan fingerprint density at radius 1 is 0.514 bits per heavy atom. The molecule has 4 aromatic rings. The Kier molecular flexibility index (Phi) is 21.4. The zero-order chi connectivity index (χ0) is 49.5. The Morgan fingerprint density at radius 2 is 1.03 bits per heavy atom. The number of hydrogen-bond acceptors (Lipinski definition) is 10. The van der Waals surface area contributed by atoms with E-state index in [4.69, 9.17) is 10.4 Å². The molecule has 6 amide bonds. The van der Waals surface area contributed by atoms with E-state index in [0.717, 1.165) is 65.5 Å². The van der Waals surface area contributed by atoms with Gasteiger partial charge in [0.1, 0.15) is 0 Å². The third kappa shape index (κ3) is 17.2. The van der Waals surface area contributed by atoms with Crippen molar-refractivity contribution in [2.75, 3.05) is 45.8 Å². The first kappa shape index (κ1) is 52.9. The van der Waals surface area contributed by atoms with Crippen LogP contribution in [0.3, 0.4) is 0 Å². The molecule has 0 saturated carbocycles. The van der Waals surface area contributed by atoms with Crippen molar-refractivity contribution >= 4 is 35.4 Å². The number of amides is 6. The second-order valence-electron chi connectivity index (χ2n) is 18.4. The summed E-state index contributed by atoms with van der Waals surface area (Å²) in [7, 11) is 0. The van der Waals surface area contributed by atoms with Crippen LogP contribution in [0.2, 0.25) is 0 Å². The van der Waals surface area contributed by atoms with Crippen LogP contribution in [-0.2, 0) is 67.8 Å². The molecule has 1 unspecified atom stereocenters. The molecule has 16 nitrogen and oxygen atoms in total. The molecule has 0 aliphatic carbocycles. The Bertz CT molecular complexity index is 2350. The van der Waals surface area contributed by atoms with E-state index in [9.17, 15) is 28.8 Å². The molecule has 2 heterocycles. The van der Waals surface area contributed by atoms with E-state index in [1.807, 2.05) is 105 Å². The van der Waals surface area contributed by atoms with Gasteiger partial charge in [0.25, 0.3) is 0 Å². The fraction of sp³-hybridized carbons (Fsp3) is 0.444. The number of carbonyl (C=O) groups is 6. The average molecular weight is 959 g/mol. The molecule has 4 aromatic carbocycles. The predicted octanol–water partition coefficient (Wildman–Crippen LogP) is 5.35. The third-order valence-electron chi connectivity index (χ3n) is 13.2. The highest BCUT2D eigenvalue weighted by molar-refractivity contribution is 5.83. The molecule has 0 spiro atoms. The average Bonchev–Trinajstić information content (AvgIpc) is 3.38. The van der Waals surface area contributed by atoms with E-state index < -0.39 is 11.8 Å². The summed E-state index contributed by atoms with van der Waals surface area (Å²) in [5, 5.41) is 23.7. The van der Waals surface area contributed by atoms with Crippen molar-refractivity contribution in [1.29, 1.82) is 0 Å². The van der Waals surface area contributed by atoms with Crippen LogP contribution in [0, 0.1) is 0 Å². The molecule has 6 rings (SSSR count). The predicted molar refractivity (Wildman–Crippen MR) is 264 cm³/mol. The molecule has 1 atom stereocenters. The van der Waals surface area contributed by atoms with Gasteiger partial charge in [-0.3, -0.25) is 49.0 Å². The van der Waals surface area contributed by atoms with E-state index in [1.54, 1.807) is 11.0 Å². The highest BCUT2D eigenvalue weighted by Gasteiger charge is 2.33. The lowest BCUT2D eigenvalue weighted by Gasteiger charge is -2.39. The lowest BCUT2D eigenvalue weighted by molar-refractivity contribution is -0.138. The van der Waals surface area contributed by atoms with Crippen molar-refractivity contribution in [1.82, 2.24) is 41.2 Å². The minimum atomic E-state index is -0.446. The first-order valence-corrected chi connectivity index (χ1v) is 24.8. The van der Waals surface area contributed by atoms with Gasteiger partial charge in [-0.1, -0.05) is 129 Å². The molecule has 0 radical (unpaired) electrons. The standard InChI is InChI=1S/C54H70N8O8/c63-49(57-69)25-8-2-1-3-14-28-59(37-51(65)55-33-41-17-6-4-7-18-41)38-52(66)56-34-42-19-16-24-45(31-42)48-32-44-21-11-13-23-47(44)36-62(48)54(68)40-60(29-15-5-9-26-50(64)58-70)39-53(67)61-30-27-43-20-10-12-22-46(43)35-61/h4,6-7,10-13,16-24,31,48,69-70H,1-3,5,8-9,14-15,25-30,32-40H2,(H,55,65)(H,56,66)(H,57,63)(H,58,64). The number of carbonyl (C=O) groups excluding carboxylic acids is 6. The highest BCUT2D eigenvalue weighted by Crippen LogP contribution is 2.34. The Balaban J connectivity index is 1.09. The summed E-state index contributed by atoms with van der Waals surface area (Å²) in [6.07, 6.45) is 7.73. The number of hydroxylamine groups is 2. The van der Waals surface area contributed by atoms with Gasteiger partial charge in [0.05, 0.1) is 32.2 Å². The molecule has 16 heteroatoms. The molecular formula is C54H70N8O8. The van der Waals surface area contributed by atoms with Crippen molar-refractivity contribution in [3.05, 3.63) is 142 Å². The third-order valence-corrected chi connectivity index (χ3v) is 13.2. The van der Waals surface area contributed by atoms with Gasteiger partial charge in [-0.15, -0.1) is 0 Å². The second kappa shape index (κ2) is 28.3. The number of unbranched alkanes of at least 4 members (excludes halogenated alkanes) is 6. The number of fused-ring (bicyclic) bond motifs is 2. The van der Waals surface area contributed by atoms with Gasteiger partial charge in [-0.25, -0.2) is 11.0 Å². The van der Waals surface area contributed by atoms with Crippen molar-refractivity contribution < 1.29 is 39.2 Å². The van der Waals surface area contributed by atoms with Crippen LogP contribution in [0.4, 0.5) is 0 Å².